The molecule has 11 heteroatoms. The van der Waals surface area contributed by atoms with Crippen molar-refractivity contribution < 1.29 is 19.4 Å². The maximum Gasteiger partial charge on any atom is 0.335 e. The Morgan fingerprint density at radius 2 is 1.72 bits per heavy atom. The van der Waals surface area contributed by atoms with Crippen LogP contribution in [0.25, 0.3) is 32.9 Å². The molecular formula is C39H39Cl2N5O4. The molecule has 3 aromatic carbocycles. The second-order valence-corrected chi connectivity index (χ2v) is 14.2. The van der Waals surface area contributed by atoms with Gasteiger partial charge < -0.3 is 19.0 Å². The first-order valence-electron chi connectivity index (χ1n) is 16.7. The predicted molar refractivity (Wildman–Crippen MR) is 200 cm³/mol. The first-order valence-corrected chi connectivity index (χ1v) is 17.4. The van der Waals surface area contributed by atoms with E-state index in [9.17, 15) is 14.7 Å². The highest BCUT2D eigenvalue weighted by Gasteiger charge is 2.37. The number of fused-ring (bicyclic) bond motifs is 4. The Morgan fingerprint density at radius 1 is 1.00 bits per heavy atom. The fourth-order valence-corrected chi connectivity index (χ4v) is 8.01. The number of carbonyl (C=O) groups is 2. The van der Waals surface area contributed by atoms with Crippen LogP contribution in [0.15, 0.2) is 48.5 Å². The van der Waals surface area contributed by atoms with Gasteiger partial charge in [0.25, 0.3) is 5.91 Å². The number of amides is 1. The van der Waals surface area contributed by atoms with Crippen molar-refractivity contribution in [2.75, 3.05) is 18.1 Å². The number of halogens is 2. The van der Waals surface area contributed by atoms with Crippen LogP contribution in [0.4, 0.5) is 5.82 Å². The molecular weight excluding hydrogens is 673 g/mol. The van der Waals surface area contributed by atoms with Gasteiger partial charge in [-0.3, -0.25) is 14.4 Å². The van der Waals surface area contributed by atoms with Crippen molar-refractivity contribution in [1.82, 2.24) is 18.9 Å². The molecule has 6 aromatic rings. The van der Waals surface area contributed by atoms with Gasteiger partial charge in [-0.1, -0.05) is 29.3 Å². The van der Waals surface area contributed by atoms with E-state index in [1.54, 1.807) is 18.2 Å². The van der Waals surface area contributed by atoms with Crippen molar-refractivity contribution in [3.8, 4) is 16.9 Å². The molecule has 0 unspecified atom stereocenters. The van der Waals surface area contributed by atoms with E-state index in [1.165, 1.54) is 0 Å². The van der Waals surface area contributed by atoms with Crippen LogP contribution in [0.2, 0.25) is 10.0 Å². The first kappa shape index (κ1) is 33.8. The molecule has 0 fully saturated rings. The van der Waals surface area contributed by atoms with E-state index < -0.39 is 5.97 Å². The van der Waals surface area contributed by atoms with Crippen LogP contribution in [-0.4, -0.2) is 49.0 Å². The van der Waals surface area contributed by atoms with E-state index in [4.69, 9.17) is 33.0 Å². The average molecular weight is 713 g/mol. The van der Waals surface area contributed by atoms with Crippen LogP contribution in [0, 0.1) is 27.7 Å². The number of aromatic carboxylic acids is 1. The van der Waals surface area contributed by atoms with Crippen molar-refractivity contribution in [1.29, 1.82) is 0 Å². The third-order valence-corrected chi connectivity index (χ3v) is 11.0. The van der Waals surface area contributed by atoms with Gasteiger partial charge in [0.1, 0.15) is 17.3 Å². The Kier molecular flexibility index (Phi) is 8.47. The quantitative estimate of drug-likeness (QED) is 0.159. The third kappa shape index (κ3) is 5.34. The Bertz CT molecular complexity index is 2360. The van der Waals surface area contributed by atoms with Crippen LogP contribution in [0.5, 0.6) is 5.75 Å². The van der Waals surface area contributed by atoms with Crippen LogP contribution in [0.1, 0.15) is 68.3 Å². The molecule has 50 heavy (non-hydrogen) atoms. The Labute approximate surface area is 300 Å². The van der Waals surface area contributed by atoms with Crippen molar-refractivity contribution >= 4 is 62.7 Å². The lowest BCUT2D eigenvalue weighted by atomic mass is 9.98. The summed E-state index contributed by atoms with van der Waals surface area (Å²) in [6.07, 6.45) is 1.27. The molecule has 1 atom stereocenters. The molecule has 0 spiro atoms. The summed E-state index contributed by atoms with van der Waals surface area (Å²) in [5.41, 5.74) is 9.17. The fourth-order valence-electron chi connectivity index (χ4n) is 7.65. The number of aromatic nitrogens is 4. The largest absolute Gasteiger partial charge is 0.494 e. The van der Waals surface area contributed by atoms with Gasteiger partial charge in [0.2, 0.25) is 0 Å². The molecule has 4 heterocycles. The molecule has 1 N–H and O–H groups in total. The molecule has 0 bridgehead atoms. The second kappa shape index (κ2) is 12.5. The number of nitrogens with zero attached hydrogens (tertiary/aromatic N) is 5. The summed E-state index contributed by atoms with van der Waals surface area (Å²) < 4.78 is 12.2. The van der Waals surface area contributed by atoms with Crippen molar-refractivity contribution in [3.05, 3.63) is 97.9 Å². The zero-order valence-corrected chi connectivity index (χ0v) is 30.7. The molecule has 3 aromatic heterocycles. The van der Waals surface area contributed by atoms with Gasteiger partial charge in [0, 0.05) is 64.8 Å². The molecule has 0 radical (unpaired) electrons. The number of benzene rings is 3. The summed E-state index contributed by atoms with van der Waals surface area (Å²) >= 11 is 13.5. The number of carboxylic acids is 1. The molecule has 0 aliphatic carbocycles. The predicted octanol–water partition coefficient (Wildman–Crippen LogP) is 9.01. The SMILES string of the molecule is Cc1cc(OCCCc2c3n(c4c(-c5c(C)nn(C)c5C)c(Cl)ccc24)[C@H](C)CN(c2cc4cc(C(=O)O)ccc4n2C)C3=O)cc(C)c1Cl. The van der Waals surface area contributed by atoms with Crippen LogP contribution < -0.4 is 9.64 Å². The van der Waals surface area contributed by atoms with Gasteiger partial charge in [0.15, 0.2) is 0 Å². The summed E-state index contributed by atoms with van der Waals surface area (Å²) in [4.78, 5) is 28.4. The topological polar surface area (TPSA) is 94.5 Å². The molecule has 0 saturated carbocycles. The van der Waals surface area contributed by atoms with Gasteiger partial charge in [0.05, 0.1) is 28.4 Å². The highest BCUT2D eigenvalue weighted by atomic mass is 35.5. The lowest BCUT2D eigenvalue weighted by molar-refractivity contribution is 0.0696. The van der Waals surface area contributed by atoms with Gasteiger partial charge in [-0.15, -0.1) is 0 Å². The number of aryl methyl sites for hydroxylation is 6. The summed E-state index contributed by atoms with van der Waals surface area (Å²) in [6, 6.07) is 14.7. The van der Waals surface area contributed by atoms with Crippen molar-refractivity contribution in [2.45, 2.75) is 53.5 Å². The lowest BCUT2D eigenvalue weighted by Gasteiger charge is -2.34. The number of hydrogen-bond donors (Lipinski definition) is 1. The van der Waals surface area contributed by atoms with Crippen LogP contribution in [-0.2, 0) is 20.5 Å². The highest BCUT2D eigenvalue weighted by molar-refractivity contribution is 6.35. The first-order chi connectivity index (χ1) is 23.8. The third-order valence-electron chi connectivity index (χ3n) is 10.1. The van der Waals surface area contributed by atoms with Crippen LogP contribution >= 0.6 is 23.2 Å². The number of rotatable bonds is 8. The minimum absolute atomic E-state index is 0.114. The van der Waals surface area contributed by atoms with Gasteiger partial charge >= 0.3 is 5.97 Å². The monoisotopic (exact) mass is 711 g/mol. The molecule has 7 rings (SSSR count). The molecule has 0 saturated heterocycles. The smallest absolute Gasteiger partial charge is 0.335 e. The highest BCUT2D eigenvalue weighted by Crippen LogP contribution is 2.45. The Balaban J connectivity index is 1.36. The Morgan fingerprint density at radius 3 is 2.38 bits per heavy atom. The van der Waals surface area contributed by atoms with Gasteiger partial charge in [-0.2, -0.15) is 5.10 Å². The second-order valence-electron chi connectivity index (χ2n) is 13.4. The molecule has 1 amide bonds. The molecule has 1 aliphatic rings. The number of carboxylic acid groups (broad SMARTS) is 1. The zero-order chi connectivity index (χ0) is 35.8. The summed E-state index contributed by atoms with van der Waals surface area (Å²) in [7, 11) is 3.83. The average Bonchev–Trinajstić information content (AvgIpc) is 3.67. The van der Waals surface area contributed by atoms with E-state index in [0.29, 0.717) is 42.5 Å². The maximum absolute atomic E-state index is 14.9. The minimum atomic E-state index is -0.993. The maximum atomic E-state index is 14.9. The summed E-state index contributed by atoms with van der Waals surface area (Å²) in [5, 5.41) is 17.4. The van der Waals surface area contributed by atoms with Gasteiger partial charge in [-0.05, 0) is 107 Å². The van der Waals surface area contributed by atoms with Crippen molar-refractivity contribution in [3.63, 3.8) is 0 Å². The number of carbonyl (C=O) groups excluding carboxylic acids is 1. The number of anilines is 1. The summed E-state index contributed by atoms with van der Waals surface area (Å²) in [6.45, 7) is 11.0. The number of ether oxygens (including phenoxy) is 1. The van der Waals surface area contributed by atoms with Gasteiger partial charge in [-0.25, -0.2) is 4.79 Å². The minimum Gasteiger partial charge on any atom is -0.494 e. The van der Waals surface area contributed by atoms with E-state index >= 15 is 0 Å². The molecule has 1 aliphatic heterocycles. The fraction of sp³-hybridized carbons (Fsp3) is 0.308. The van der Waals surface area contributed by atoms with Crippen LogP contribution in [0.3, 0.4) is 0 Å². The normalized spacial score (nSPS) is 14.6. The van der Waals surface area contributed by atoms with E-state index in [1.807, 2.05) is 86.3 Å². The lowest BCUT2D eigenvalue weighted by Crippen LogP contribution is -2.43. The number of hydrogen-bond acceptors (Lipinski definition) is 4. The molecule has 258 valence electrons. The summed E-state index contributed by atoms with van der Waals surface area (Å²) in [5.74, 6) is 0.358. The zero-order valence-electron chi connectivity index (χ0n) is 29.2. The van der Waals surface area contributed by atoms with E-state index in [0.717, 1.165) is 71.8 Å². The van der Waals surface area contributed by atoms with E-state index in [-0.39, 0.29) is 17.5 Å². The Hall–Kier alpha value is -4.73. The standard InChI is InChI=1S/C39H39Cl2N5O4/c1-20-15-27(16-21(2)35(20)41)50-14-8-9-28-29-11-12-30(40)34(33-23(4)42-44(7)24(33)5)36(29)46-22(3)19-45(38(47)37(28)46)32-18-26-17-25(39(48)49)10-13-31(26)43(32)6/h10-13,15-18,22H,8-9,14,19H2,1-7H3,(H,48,49)/t22-/m1/s1. The van der Waals surface area contributed by atoms with E-state index in [2.05, 4.69) is 11.5 Å². The molecule has 9 nitrogen and oxygen atoms in total. The van der Waals surface area contributed by atoms with Crippen molar-refractivity contribution in [2.24, 2.45) is 14.1 Å².